The molecule has 0 radical (unpaired) electrons. The molecule has 78 valence electrons. The molecule has 1 aliphatic heterocycles. The molecule has 0 aliphatic carbocycles. The van der Waals surface area contributed by atoms with Crippen LogP contribution >= 0.6 is 0 Å². The highest BCUT2D eigenvalue weighted by atomic mass is 16.2. The number of hydrogen-bond acceptors (Lipinski definition) is 2. The second-order valence-electron chi connectivity index (χ2n) is 3.85. The lowest BCUT2D eigenvalue weighted by molar-refractivity contribution is -0.124. The first-order chi connectivity index (χ1) is 7.18. The second-order valence-corrected chi connectivity index (χ2v) is 3.85. The summed E-state index contributed by atoms with van der Waals surface area (Å²) in [4.78, 5) is 13.3. The number of fused-ring (bicyclic) bond motifs is 1. The van der Waals surface area contributed by atoms with Gasteiger partial charge in [0.15, 0.2) is 0 Å². The van der Waals surface area contributed by atoms with Crippen LogP contribution in [0.4, 0.5) is 5.69 Å². The SMILES string of the molecule is CN(C)C(=O)C1=CNc2ccccc2C1. The summed E-state index contributed by atoms with van der Waals surface area (Å²) in [5, 5.41) is 3.14. The van der Waals surface area contributed by atoms with Gasteiger partial charge in [0.2, 0.25) is 0 Å². The third-order valence-electron chi connectivity index (χ3n) is 2.48. The number of nitrogens with zero attached hydrogens (tertiary/aromatic N) is 1. The van der Waals surface area contributed by atoms with E-state index in [1.54, 1.807) is 25.2 Å². The minimum Gasteiger partial charge on any atom is -0.361 e. The van der Waals surface area contributed by atoms with Crippen molar-refractivity contribution in [2.75, 3.05) is 19.4 Å². The molecule has 0 atom stereocenters. The van der Waals surface area contributed by atoms with Crippen LogP contribution in [-0.4, -0.2) is 24.9 Å². The van der Waals surface area contributed by atoms with Crippen molar-refractivity contribution >= 4 is 11.6 Å². The van der Waals surface area contributed by atoms with E-state index in [9.17, 15) is 4.79 Å². The van der Waals surface area contributed by atoms with Gasteiger partial charge in [0.1, 0.15) is 0 Å². The third-order valence-corrected chi connectivity index (χ3v) is 2.48. The van der Waals surface area contributed by atoms with E-state index in [0.717, 1.165) is 11.3 Å². The molecule has 3 nitrogen and oxygen atoms in total. The van der Waals surface area contributed by atoms with Crippen LogP contribution < -0.4 is 5.32 Å². The fraction of sp³-hybridized carbons (Fsp3) is 0.250. The minimum atomic E-state index is 0.0667. The second kappa shape index (κ2) is 3.77. The maximum atomic E-state index is 11.7. The molecule has 2 rings (SSSR count). The van der Waals surface area contributed by atoms with Gasteiger partial charge in [-0.1, -0.05) is 18.2 Å². The zero-order valence-corrected chi connectivity index (χ0v) is 8.95. The van der Waals surface area contributed by atoms with Crippen LogP contribution in [0.3, 0.4) is 0 Å². The minimum absolute atomic E-state index is 0.0667. The highest BCUT2D eigenvalue weighted by Crippen LogP contribution is 2.23. The van der Waals surface area contributed by atoms with E-state index in [-0.39, 0.29) is 5.91 Å². The van der Waals surface area contributed by atoms with Crippen molar-refractivity contribution in [2.24, 2.45) is 0 Å². The van der Waals surface area contributed by atoms with Gasteiger partial charge in [-0.15, -0.1) is 0 Å². The first-order valence-corrected chi connectivity index (χ1v) is 4.93. The number of anilines is 1. The summed E-state index contributed by atoms with van der Waals surface area (Å²) < 4.78 is 0. The number of carbonyl (C=O) groups is 1. The molecule has 1 aromatic carbocycles. The Bertz CT molecular complexity index is 421. The monoisotopic (exact) mass is 202 g/mol. The Hall–Kier alpha value is -1.77. The van der Waals surface area contributed by atoms with Gasteiger partial charge in [-0.25, -0.2) is 0 Å². The van der Waals surface area contributed by atoms with Crippen LogP contribution in [0.15, 0.2) is 36.0 Å². The number of likely N-dealkylation sites (N-methyl/N-ethyl adjacent to an activating group) is 1. The average Bonchev–Trinajstić information content (AvgIpc) is 2.27. The van der Waals surface area contributed by atoms with Crippen molar-refractivity contribution in [3.05, 3.63) is 41.6 Å². The van der Waals surface area contributed by atoms with Gasteiger partial charge in [-0.2, -0.15) is 0 Å². The normalized spacial score (nSPS) is 13.6. The Morgan fingerprint density at radius 1 is 1.33 bits per heavy atom. The molecule has 0 bridgehead atoms. The van der Waals surface area contributed by atoms with E-state index >= 15 is 0 Å². The third kappa shape index (κ3) is 1.86. The molecule has 0 unspecified atom stereocenters. The van der Waals surface area contributed by atoms with Crippen LogP contribution in [0.25, 0.3) is 0 Å². The highest BCUT2D eigenvalue weighted by Gasteiger charge is 2.17. The quantitative estimate of drug-likeness (QED) is 0.750. The average molecular weight is 202 g/mol. The predicted molar refractivity (Wildman–Crippen MR) is 60.5 cm³/mol. The lowest BCUT2D eigenvalue weighted by Crippen LogP contribution is -2.26. The van der Waals surface area contributed by atoms with Gasteiger partial charge in [-0.3, -0.25) is 4.79 Å². The van der Waals surface area contributed by atoms with Crippen molar-refractivity contribution in [1.29, 1.82) is 0 Å². The Kier molecular flexibility index (Phi) is 2.46. The number of nitrogens with one attached hydrogen (secondary N) is 1. The summed E-state index contributed by atoms with van der Waals surface area (Å²) in [6, 6.07) is 8.03. The van der Waals surface area contributed by atoms with E-state index in [1.165, 1.54) is 5.56 Å². The Labute approximate surface area is 89.4 Å². The molecule has 15 heavy (non-hydrogen) atoms. The first-order valence-electron chi connectivity index (χ1n) is 4.93. The van der Waals surface area contributed by atoms with Crippen LogP contribution in [0.5, 0.6) is 0 Å². The van der Waals surface area contributed by atoms with Crippen molar-refractivity contribution in [3.8, 4) is 0 Å². The molecule has 0 saturated heterocycles. The predicted octanol–water partition coefficient (Wildman–Crippen LogP) is 1.63. The zero-order valence-electron chi connectivity index (χ0n) is 8.95. The van der Waals surface area contributed by atoms with Gasteiger partial charge in [-0.05, 0) is 11.6 Å². The van der Waals surface area contributed by atoms with Crippen LogP contribution in [0.2, 0.25) is 0 Å². The van der Waals surface area contributed by atoms with Crippen molar-refractivity contribution in [3.63, 3.8) is 0 Å². The summed E-state index contributed by atoms with van der Waals surface area (Å²) in [6.07, 6.45) is 2.50. The lowest BCUT2D eigenvalue weighted by Gasteiger charge is -2.20. The molecular weight excluding hydrogens is 188 g/mol. The van der Waals surface area contributed by atoms with Crippen molar-refractivity contribution < 1.29 is 4.79 Å². The van der Waals surface area contributed by atoms with E-state index in [4.69, 9.17) is 0 Å². The summed E-state index contributed by atoms with van der Waals surface area (Å²) in [5.41, 5.74) is 3.07. The number of hydrogen-bond donors (Lipinski definition) is 1. The number of rotatable bonds is 1. The molecule has 0 saturated carbocycles. The molecule has 1 aliphatic rings. The molecule has 0 fully saturated rings. The Morgan fingerprint density at radius 3 is 2.80 bits per heavy atom. The van der Waals surface area contributed by atoms with Gasteiger partial charge < -0.3 is 10.2 Å². The van der Waals surface area contributed by atoms with Crippen LogP contribution in [0, 0.1) is 0 Å². The number of para-hydroxylation sites is 1. The standard InChI is InChI=1S/C12H14N2O/c1-14(2)12(15)10-7-9-5-3-4-6-11(9)13-8-10/h3-6,8,13H,7H2,1-2H3. The summed E-state index contributed by atoms with van der Waals surface area (Å²) in [6.45, 7) is 0. The van der Waals surface area contributed by atoms with Gasteiger partial charge in [0.25, 0.3) is 5.91 Å². The zero-order chi connectivity index (χ0) is 10.8. The van der Waals surface area contributed by atoms with Gasteiger partial charge in [0.05, 0.1) is 0 Å². The molecule has 1 N–H and O–H groups in total. The molecule has 3 heteroatoms. The van der Waals surface area contributed by atoms with Gasteiger partial charge >= 0.3 is 0 Å². The number of benzene rings is 1. The fourth-order valence-electron chi connectivity index (χ4n) is 1.66. The topological polar surface area (TPSA) is 32.3 Å². The summed E-state index contributed by atoms with van der Waals surface area (Å²) in [5.74, 6) is 0.0667. The van der Waals surface area contributed by atoms with E-state index in [1.807, 2.05) is 24.3 Å². The maximum Gasteiger partial charge on any atom is 0.251 e. The number of carbonyl (C=O) groups excluding carboxylic acids is 1. The molecule has 1 amide bonds. The van der Waals surface area contributed by atoms with E-state index < -0.39 is 0 Å². The smallest absolute Gasteiger partial charge is 0.251 e. The Morgan fingerprint density at radius 2 is 2.07 bits per heavy atom. The molecule has 0 spiro atoms. The summed E-state index contributed by atoms with van der Waals surface area (Å²) >= 11 is 0. The van der Waals surface area contributed by atoms with Crippen molar-refractivity contribution in [1.82, 2.24) is 4.90 Å². The van der Waals surface area contributed by atoms with E-state index in [0.29, 0.717) is 6.42 Å². The Balaban J connectivity index is 2.23. The van der Waals surface area contributed by atoms with Crippen molar-refractivity contribution in [2.45, 2.75) is 6.42 Å². The summed E-state index contributed by atoms with van der Waals surface area (Å²) in [7, 11) is 3.54. The van der Waals surface area contributed by atoms with E-state index in [2.05, 4.69) is 5.32 Å². The van der Waals surface area contributed by atoms with Crippen LogP contribution in [0.1, 0.15) is 5.56 Å². The number of amides is 1. The van der Waals surface area contributed by atoms with Gasteiger partial charge in [0, 0.05) is 38.0 Å². The molecule has 0 aromatic heterocycles. The lowest BCUT2D eigenvalue weighted by atomic mass is 10.0. The maximum absolute atomic E-state index is 11.7. The highest BCUT2D eigenvalue weighted by molar-refractivity contribution is 5.94. The first kappa shape index (κ1) is 9.77. The molecule has 1 heterocycles. The molecular formula is C12H14N2O. The fourth-order valence-corrected chi connectivity index (χ4v) is 1.66. The largest absolute Gasteiger partial charge is 0.361 e. The van der Waals surface area contributed by atoms with Crippen LogP contribution in [-0.2, 0) is 11.2 Å². The molecule has 1 aromatic rings.